The Hall–Kier alpha value is -1.79. The summed E-state index contributed by atoms with van der Waals surface area (Å²) >= 11 is 0. The Bertz CT molecular complexity index is 403. The molecule has 0 bridgehead atoms. The molecule has 1 rings (SSSR count). The molecule has 21 heavy (non-hydrogen) atoms. The zero-order chi connectivity index (χ0) is 16.0. The third-order valence-corrected chi connectivity index (χ3v) is 3.74. The first-order valence-corrected chi connectivity index (χ1v) is 7.31. The van der Waals surface area contributed by atoms with Crippen molar-refractivity contribution in [3.8, 4) is 0 Å². The Kier molecular flexibility index (Phi) is 5.99. The van der Waals surface area contributed by atoms with Crippen molar-refractivity contribution in [2.75, 3.05) is 0 Å². The molecule has 120 valence electrons. The van der Waals surface area contributed by atoms with Gasteiger partial charge in [0.05, 0.1) is 0 Å². The molecule has 1 unspecified atom stereocenters. The van der Waals surface area contributed by atoms with Crippen LogP contribution >= 0.6 is 0 Å². The van der Waals surface area contributed by atoms with Gasteiger partial charge in [0.25, 0.3) is 0 Å². The number of urea groups is 1. The quantitative estimate of drug-likeness (QED) is 0.584. The third kappa shape index (κ3) is 6.01. The van der Waals surface area contributed by atoms with Crippen molar-refractivity contribution < 1.29 is 19.5 Å². The van der Waals surface area contributed by atoms with Crippen LogP contribution in [0.2, 0.25) is 0 Å². The molecule has 5 N–H and O–H groups in total. The van der Waals surface area contributed by atoms with Crippen LogP contribution in [0.1, 0.15) is 52.4 Å². The Labute approximate surface area is 124 Å². The van der Waals surface area contributed by atoms with E-state index in [1.165, 1.54) is 0 Å². The van der Waals surface area contributed by atoms with Gasteiger partial charge in [-0.3, -0.25) is 4.79 Å². The van der Waals surface area contributed by atoms with Gasteiger partial charge in [0, 0.05) is 12.0 Å². The fourth-order valence-corrected chi connectivity index (χ4v) is 2.81. The predicted octanol–water partition coefficient (Wildman–Crippen LogP) is 0.973. The van der Waals surface area contributed by atoms with E-state index in [4.69, 9.17) is 5.73 Å². The van der Waals surface area contributed by atoms with Crippen LogP contribution in [0.15, 0.2) is 0 Å². The maximum atomic E-state index is 12.0. The average Bonchev–Trinajstić information content (AvgIpc) is 2.34. The summed E-state index contributed by atoms with van der Waals surface area (Å²) in [6.07, 6.45) is 4.70. The molecule has 3 amide bonds. The molecule has 1 aliphatic rings. The highest BCUT2D eigenvalue weighted by molar-refractivity contribution is 5.84. The number of carbonyl (C=O) groups excluding carboxylic acids is 2. The third-order valence-electron chi connectivity index (χ3n) is 3.74. The first-order chi connectivity index (χ1) is 9.71. The van der Waals surface area contributed by atoms with E-state index in [0.717, 1.165) is 32.1 Å². The SMILES string of the molecule is CC(C)(CC(N)=O)NC(=O)NC(C(=O)O)C1CCCCC1. The lowest BCUT2D eigenvalue weighted by atomic mass is 9.84. The van der Waals surface area contributed by atoms with Gasteiger partial charge >= 0.3 is 12.0 Å². The molecule has 0 radical (unpaired) electrons. The molecule has 1 aliphatic carbocycles. The number of carbonyl (C=O) groups is 3. The second-order valence-corrected chi connectivity index (χ2v) is 6.34. The van der Waals surface area contributed by atoms with Crippen molar-refractivity contribution >= 4 is 17.9 Å². The number of hydrogen-bond donors (Lipinski definition) is 4. The molecule has 7 nitrogen and oxygen atoms in total. The van der Waals surface area contributed by atoms with Gasteiger partial charge in [-0.15, -0.1) is 0 Å². The van der Waals surface area contributed by atoms with E-state index >= 15 is 0 Å². The van der Waals surface area contributed by atoms with Gasteiger partial charge in [0.1, 0.15) is 6.04 Å². The number of amides is 3. The van der Waals surface area contributed by atoms with Crippen LogP contribution in [0.3, 0.4) is 0 Å². The topological polar surface area (TPSA) is 122 Å². The molecule has 0 aromatic carbocycles. The number of nitrogens with one attached hydrogen (secondary N) is 2. The van der Waals surface area contributed by atoms with Gasteiger partial charge < -0.3 is 21.5 Å². The summed E-state index contributed by atoms with van der Waals surface area (Å²) in [4.78, 5) is 34.3. The fourth-order valence-electron chi connectivity index (χ4n) is 2.81. The lowest BCUT2D eigenvalue weighted by Gasteiger charge is -2.30. The van der Waals surface area contributed by atoms with E-state index in [9.17, 15) is 19.5 Å². The average molecular weight is 299 g/mol. The lowest BCUT2D eigenvalue weighted by Crippen LogP contribution is -2.55. The molecular formula is C14H25N3O4. The Balaban J connectivity index is 2.60. The van der Waals surface area contributed by atoms with E-state index in [1.807, 2.05) is 0 Å². The summed E-state index contributed by atoms with van der Waals surface area (Å²) in [5.41, 5.74) is 4.30. The van der Waals surface area contributed by atoms with Gasteiger partial charge in [-0.25, -0.2) is 9.59 Å². The van der Waals surface area contributed by atoms with Crippen molar-refractivity contribution in [2.45, 2.75) is 64.0 Å². The van der Waals surface area contributed by atoms with Crippen molar-refractivity contribution in [3.63, 3.8) is 0 Å². The van der Waals surface area contributed by atoms with E-state index in [1.54, 1.807) is 13.8 Å². The van der Waals surface area contributed by atoms with E-state index < -0.39 is 29.5 Å². The van der Waals surface area contributed by atoms with Crippen LogP contribution in [0.4, 0.5) is 4.79 Å². The maximum Gasteiger partial charge on any atom is 0.326 e. The summed E-state index contributed by atoms with van der Waals surface area (Å²) in [5, 5.41) is 14.4. The first kappa shape index (κ1) is 17.3. The number of primary amides is 1. The summed E-state index contributed by atoms with van der Waals surface area (Å²) in [6, 6.07) is -1.48. The number of rotatable bonds is 6. The van der Waals surface area contributed by atoms with Crippen molar-refractivity contribution in [1.29, 1.82) is 0 Å². The summed E-state index contributed by atoms with van der Waals surface area (Å²) < 4.78 is 0. The molecule has 1 saturated carbocycles. The van der Waals surface area contributed by atoms with E-state index in [-0.39, 0.29) is 12.3 Å². The molecule has 0 aliphatic heterocycles. The summed E-state index contributed by atoms with van der Waals surface area (Å²) in [5.74, 6) is -1.59. The normalized spacial score (nSPS) is 17.8. The molecule has 1 atom stereocenters. The van der Waals surface area contributed by atoms with Crippen molar-refractivity contribution in [1.82, 2.24) is 10.6 Å². The molecule has 0 heterocycles. The minimum Gasteiger partial charge on any atom is -0.480 e. The zero-order valence-corrected chi connectivity index (χ0v) is 12.6. The number of hydrogen-bond acceptors (Lipinski definition) is 3. The highest BCUT2D eigenvalue weighted by atomic mass is 16.4. The van der Waals surface area contributed by atoms with Gasteiger partial charge in [0.15, 0.2) is 0 Å². The number of aliphatic carboxylic acids is 1. The van der Waals surface area contributed by atoms with Gasteiger partial charge in [-0.2, -0.15) is 0 Å². The first-order valence-electron chi connectivity index (χ1n) is 7.31. The van der Waals surface area contributed by atoms with Crippen LogP contribution in [-0.4, -0.2) is 34.6 Å². The maximum absolute atomic E-state index is 12.0. The summed E-state index contributed by atoms with van der Waals surface area (Å²) in [6.45, 7) is 3.32. The minimum atomic E-state index is -1.02. The Morgan fingerprint density at radius 1 is 1.24 bits per heavy atom. The standard InChI is InChI=1S/C14H25N3O4/c1-14(2,8-10(15)18)17-13(21)16-11(12(19)20)9-6-4-3-5-7-9/h9,11H,3-8H2,1-2H3,(H2,15,18)(H,19,20)(H2,16,17,21). The largest absolute Gasteiger partial charge is 0.480 e. The van der Waals surface area contributed by atoms with Crippen LogP contribution in [0.5, 0.6) is 0 Å². The molecule has 0 spiro atoms. The predicted molar refractivity (Wildman–Crippen MR) is 77.6 cm³/mol. The number of carboxylic acids is 1. The van der Waals surface area contributed by atoms with E-state index in [2.05, 4.69) is 10.6 Å². The van der Waals surface area contributed by atoms with Gasteiger partial charge in [0.2, 0.25) is 5.91 Å². The van der Waals surface area contributed by atoms with Crippen molar-refractivity contribution in [2.24, 2.45) is 11.7 Å². The second kappa shape index (κ2) is 7.28. The van der Waals surface area contributed by atoms with Crippen molar-refractivity contribution in [3.05, 3.63) is 0 Å². The molecule has 7 heteroatoms. The minimum absolute atomic E-state index is 0.0123. The highest BCUT2D eigenvalue weighted by Gasteiger charge is 2.32. The van der Waals surface area contributed by atoms with Crippen LogP contribution < -0.4 is 16.4 Å². The molecule has 0 aromatic heterocycles. The van der Waals surface area contributed by atoms with Crippen LogP contribution in [-0.2, 0) is 9.59 Å². The molecule has 1 fully saturated rings. The molecule has 0 saturated heterocycles. The fraction of sp³-hybridized carbons (Fsp3) is 0.786. The zero-order valence-electron chi connectivity index (χ0n) is 12.6. The van der Waals surface area contributed by atoms with Crippen LogP contribution in [0, 0.1) is 5.92 Å². The second-order valence-electron chi connectivity index (χ2n) is 6.34. The van der Waals surface area contributed by atoms with Crippen LogP contribution in [0.25, 0.3) is 0 Å². The highest BCUT2D eigenvalue weighted by Crippen LogP contribution is 2.26. The smallest absolute Gasteiger partial charge is 0.326 e. The molecular weight excluding hydrogens is 274 g/mol. The van der Waals surface area contributed by atoms with E-state index in [0.29, 0.717) is 0 Å². The Morgan fingerprint density at radius 2 is 1.81 bits per heavy atom. The molecule has 0 aromatic rings. The lowest BCUT2D eigenvalue weighted by molar-refractivity contribution is -0.141. The number of nitrogens with two attached hydrogens (primary N) is 1. The Morgan fingerprint density at radius 3 is 2.29 bits per heavy atom. The monoisotopic (exact) mass is 299 g/mol. The number of carboxylic acid groups (broad SMARTS) is 1. The summed E-state index contributed by atoms with van der Waals surface area (Å²) in [7, 11) is 0. The van der Waals surface area contributed by atoms with Gasteiger partial charge in [-0.1, -0.05) is 19.3 Å². The van der Waals surface area contributed by atoms with Gasteiger partial charge in [-0.05, 0) is 32.6 Å².